The minimum atomic E-state index is -0.0868. The molecule has 0 aliphatic rings. The van der Waals surface area contributed by atoms with Crippen molar-refractivity contribution < 1.29 is 5.11 Å². The van der Waals surface area contributed by atoms with Gasteiger partial charge < -0.3 is 5.11 Å². The van der Waals surface area contributed by atoms with Crippen molar-refractivity contribution in [1.82, 2.24) is 0 Å². The summed E-state index contributed by atoms with van der Waals surface area (Å²) in [5.41, 5.74) is 4.53. The van der Waals surface area contributed by atoms with Gasteiger partial charge >= 0.3 is 0 Å². The van der Waals surface area contributed by atoms with Gasteiger partial charge in [0.15, 0.2) is 0 Å². The number of rotatable bonds is 2. The van der Waals surface area contributed by atoms with E-state index in [-0.39, 0.29) is 16.7 Å². The van der Waals surface area contributed by atoms with Crippen molar-refractivity contribution in [1.29, 1.82) is 0 Å². The number of phenolic OH excluding ortho intramolecular Hbond substituents is 1. The second kappa shape index (κ2) is 6.03. The fourth-order valence-electron chi connectivity index (χ4n) is 2.91. The molecular formula is C22H30O. The Morgan fingerprint density at radius 1 is 0.826 bits per heavy atom. The molecule has 0 heterocycles. The monoisotopic (exact) mass is 310 g/mol. The summed E-state index contributed by atoms with van der Waals surface area (Å²) in [7, 11) is 0. The Labute approximate surface area is 141 Å². The van der Waals surface area contributed by atoms with Gasteiger partial charge in [0, 0.05) is 11.5 Å². The first-order chi connectivity index (χ1) is 10.5. The molecule has 0 fully saturated rings. The molecule has 0 unspecified atom stereocenters. The molecular weight excluding hydrogens is 280 g/mol. The van der Waals surface area contributed by atoms with Gasteiger partial charge in [-0.2, -0.15) is 0 Å². The highest BCUT2D eigenvalue weighted by molar-refractivity contribution is 5.52. The number of phenols is 1. The Kier molecular flexibility index (Phi) is 4.61. The van der Waals surface area contributed by atoms with E-state index in [1.165, 1.54) is 11.1 Å². The normalized spacial score (nSPS) is 13.9. The van der Waals surface area contributed by atoms with Gasteiger partial charge in [-0.05, 0) is 27.5 Å². The molecule has 0 aliphatic heterocycles. The quantitative estimate of drug-likeness (QED) is 0.706. The van der Waals surface area contributed by atoms with Crippen molar-refractivity contribution in [2.24, 2.45) is 0 Å². The fourth-order valence-corrected chi connectivity index (χ4v) is 2.91. The predicted octanol–water partition coefficient (Wildman–Crippen LogP) is 6.14. The highest BCUT2D eigenvalue weighted by atomic mass is 16.3. The van der Waals surface area contributed by atoms with Crippen LogP contribution in [0.1, 0.15) is 76.6 Å². The third-order valence-electron chi connectivity index (χ3n) is 4.58. The summed E-state index contributed by atoms with van der Waals surface area (Å²) in [6, 6.07) is 14.8. The SMILES string of the molecule is C[C@@H](c1ccccc1)c1cc(C(C)(C)C)cc(C(C)(C)C)c1O. The van der Waals surface area contributed by atoms with Gasteiger partial charge in [-0.25, -0.2) is 0 Å². The molecule has 23 heavy (non-hydrogen) atoms. The predicted molar refractivity (Wildman–Crippen MR) is 99.5 cm³/mol. The molecule has 1 heteroatoms. The number of benzene rings is 2. The highest BCUT2D eigenvalue weighted by Crippen LogP contribution is 2.41. The van der Waals surface area contributed by atoms with E-state index in [4.69, 9.17) is 0 Å². The van der Waals surface area contributed by atoms with E-state index in [1.54, 1.807) is 0 Å². The molecule has 1 atom stereocenters. The van der Waals surface area contributed by atoms with Gasteiger partial charge in [0.05, 0.1) is 0 Å². The maximum atomic E-state index is 10.9. The average molecular weight is 310 g/mol. The lowest BCUT2D eigenvalue weighted by molar-refractivity contribution is 0.436. The van der Waals surface area contributed by atoms with Crippen molar-refractivity contribution in [3.63, 3.8) is 0 Å². The third kappa shape index (κ3) is 3.77. The second-order valence-electron chi connectivity index (χ2n) is 8.59. The molecule has 2 aromatic carbocycles. The number of hydrogen-bond acceptors (Lipinski definition) is 1. The third-order valence-corrected chi connectivity index (χ3v) is 4.58. The van der Waals surface area contributed by atoms with E-state index in [2.05, 4.69) is 84.9 Å². The van der Waals surface area contributed by atoms with Crippen LogP contribution in [0.3, 0.4) is 0 Å². The number of hydrogen-bond donors (Lipinski definition) is 1. The summed E-state index contributed by atoms with van der Waals surface area (Å²) in [5, 5.41) is 10.9. The first-order valence-corrected chi connectivity index (χ1v) is 8.44. The topological polar surface area (TPSA) is 20.2 Å². The summed E-state index contributed by atoms with van der Waals surface area (Å²) in [6.07, 6.45) is 0. The summed E-state index contributed by atoms with van der Waals surface area (Å²) in [5.74, 6) is 0.612. The van der Waals surface area contributed by atoms with Crippen molar-refractivity contribution in [2.75, 3.05) is 0 Å². The Morgan fingerprint density at radius 2 is 1.39 bits per heavy atom. The van der Waals surface area contributed by atoms with Crippen LogP contribution in [-0.4, -0.2) is 5.11 Å². The average Bonchev–Trinajstić information content (AvgIpc) is 2.45. The summed E-state index contributed by atoms with van der Waals surface area (Å²) in [6.45, 7) is 15.3. The van der Waals surface area contributed by atoms with Crippen LogP contribution in [-0.2, 0) is 10.8 Å². The van der Waals surface area contributed by atoms with Crippen LogP contribution in [0.15, 0.2) is 42.5 Å². The van der Waals surface area contributed by atoms with Gasteiger partial charge in [-0.3, -0.25) is 0 Å². The summed E-state index contributed by atoms with van der Waals surface area (Å²) in [4.78, 5) is 0. The van der Waals surface area contributed by atoms with E-state index in [1.807, 2.05) is 6.07 Å². The molecule has 124 valence electrons. The molecule has 0 spiro atoms. The molecule has 0 radical (unpaired) electrons. The van der Waals surface area contributed by atoms with Crippen LogP contribution in [0.4, 0.5) is 0 Å². The maximum absolute atomic E-state index is 10.9. The molecule has 0 aromatic heterocycles. The molecule has 2 rings (SSSR count). The molecule has 0 bridgehead atoms. The zero-order valence-electron chi connectivity index (χ0n) is 15.6. The van der Waals surface area contributed by atoms with Crippen LogP contribution < -0.4 is 0 Å². The van der Waals surface area contributed by atoms with Crippen LogP contribution in [0.5, 0.6) is 5.75 Å². The van der Waals surface area contributed by atoms with Crippen molar-refractivity contribution in [3.05, 3.63) is 64.7 Å². The van der Waals surface area contributed by atoms with E-state index in [0.717, 1.165) is 11.1 Å². The summed E-state index contributed by atoms with van der Waals surface area (Å²) >= 11 is 0. The lowest BCUT2D eigenvalue weighted by Crippen LogP contribution is -2.18. The molecule has 1 nitrogen and oxygen atoms in total. The lowest BCUT2D eigenvalue weighted by atomic mass is 9.77. The Bertz CT molecular complexity index is 670. The second-order valence-corrected chi connectivity index (χ2v) is 8.59. The van der Waals surface area contributed by atoms with Crippen LogP contribution in [0.2, 0.25) is 0 Å². The lowest BCUT2D eigenvalue weighted by Gasteiger charge is -2.29. The van der Waals surface area contributed by atoms with E-state index >= 15 is 0 Å². The van der Waals surface area contributed by atoms with Gasteiger partial charge in [0.1, 0.15) is 5.75 Å². The number of aromatic hydroxyl groups is 1. The fraction of sp³-hybridized carbons (Fsp3) is 0.455. The summed E-state index contributed by atoms with van der Waals surface area (Å²) < 4.78 is 0. The van der Waals surface area contributed by atoms with Gasteiger partial charge in [-0.1, -0.05) is 90.9 Å². The van der Waals surface area contributed by atoms with E-state index in [0.29, 0.717) is 5.75 Å². The molecule has 0 saturated heterocycles. The zero-order chi connectivity index (χ0) is 17.4. The standard InChI is InChI=1S/C22H30O/c1-15(16-11-9-8-10-12-16)18-13-17(21(2,3)4)14-19(20(18)23)22(5,6)7/h8-15,23H,1-7H3/t15-/m0/s1. The Morgan fingerprint density at radius 3 is 1.87 bits per heavy atom. The molecule has 0 saturated carbocycles. The van der Waals surface area contributed by atoms with Crippen molar-refractivity contribution >= 4 is 0 Å². The van der Waals surface area contributed by atoms with Crippen molar-refractivity contribution in [2.45, 2.75) is 65.2 Å². The van der Waals surface area contributed by atoms with Crippen LogP contribution >= 0.6 is 0 Å². The molecule has 2 aromatic rings. The first kappa shape index (κ1) is 17.6. The van der Waals surface area contributed by atoms with Crippen LogP contribution in [0.25, 0.3) is 0 Å². The minimum Gasteiger partial charge on any atom is -0.507 e. The maximum Gasteiger partial charge on any atom is 0.123 e. The molecule has 0 amide bonds. The molecule has 0 aliphatic carbocycles. The Balaban J connectivity index is 2.67. The van der Waals surface area contributed by atoms with Crippen LogP contribution in [0, 0.1) is 0 Å². The first-order valence-electron chi connectivity index (χ1n) is 8.44. The van der Waals surface area contributed by atoms with E-state index in [9.17, 15) is 5.11 Å². The molecule has 1 N–H and O–H groups in total. The van der Waals surface area contributed by atoms with Crippen molar-refractivity contribution in [3.8, 4) is 5.75 Å². The highest BCUT2D eigenvalue weighted by Gasteiger charge is 2.26. The minimum absolute atomic E-state index is 0.0544. The van der Waals surface area contributed by atoms with Gasteiger partial charge in [0.2, 0.25) is 0 Å². The zero-order valence-corrected chi connectivity index (χ0v) is 15.6. The smallest absolute Gasteiger partial charge is 0.123 e. The van der Waals surface area contributed by atoms with E-state index < -0.39 is 0 Å². The van der Waals surface area contributed by atoms with Gasteiger partial charge in [-0.15, -0.1) is 0 Å². The van der Waals surface area contributed by atoms with Gasteiger partial charge in [0.25, 0.3) is 0 Å². The largest absolute Gasteiger partial charge is 0.507 e. The Hall–Kier alpha value is -1.76.